The summed E-state index contributed by atoms with van der Waals surface area (Å²) in [5.41, 5.74) is 1.26. The van der Waals surface area contributed by atoms with Gasteiger partial charge < -0.3 is 15.4 Å². The number of amides is 1. The van der Waals surface area contributed by atoms with Crippen LogP contribution in [-0.2, 0) is 11.8 Å². The first-order valence-electron chi connectivity index (χ1n) is 11.2. The number of alkyl halides is 2. The molecule has 0 saturated heterocycles. The van der Waals surface area contributed by atoms with Crippen LogP contribution < -0.4 is 16.3 Å². The summed E-state index contributed by atoms with van der Waals surface area (Å²) >= 11 is 0. The van der Waals surface area contributed by atoms with Crippen LogP contribution in [-0.4, -0.2) is 38.3 Å². The molecule has 5 rings (SSSR count). The topological polar surface area (TPSA) is 103 Å². The lowest BCUT2D eigenvalue weighted by atomic mass is 10.1. The molecule has 1 fully saturated rings. The molecule has 0 spiro atoms. The zero-order valence-corrected chi connectivity index (χ0v) is 19.2. The number of hydrogen-bond acceptors (Lipinski definition) is 6. The summed E-state index contributed by atoms with van der Waals surface area (Å²) in [6, 6.07) is 9.66. The number of carbonyl (C=O) groups is 1. The molecule has 3 aromatic heterocycles. The highest BCUT2D eigenvalue weighted by atomic mass is 19.3. The van der Waals surface area contributed by atoms with E-state index >= 15 is 0 Å². The number of pyridine rings is 2. The number of alkyl carbamates (subject to hydrolysis) is 1. The molecule has 35 heavy (non-hydrogen) atoms. The van der Waals surface area contributed by atoms with Crippen LogP contribution in [0, 0.1) is 0 Å². The molecule has 1 aromatic carbocycles. The van der Waals surface area contributed by atoms with Gasteiger partial charge in [-0.15, -0.1) is 0 Å². The number of aryl methyl sites for hydroxylation is 1. The van der Waals surface area contributed by atoms with Crippen molar-refractivity contribution >= 4 is 39.7 Å². The molecule has 1 saturated carbocycles. The lowest BCUT2D eigenvalue weighted by molar-refractivity contribution is 0.153. The number of hydrogen-bond donors (Lipinski definition) is 2. The molecule has 1 aliphatic carbocycles. The van der Waals surface area contributed by atoms with Gasteiger partial charge in [-0.1, -0.05) is 18.2 Å². The zero-order chi connectivity index (χ0) is 24.7. The third-order valence-electron chi connectivity index (χ3n) is 6.50. The summed E-state index contributed by atoms with van der Waals surface area (Å²) < 4.78 is 34.8. The first-order valence-corrected chi connectivity index (χ1v) is 11.2. The van der Waals surface area contributed by atoms with Gasteiger partial charge in [-0.05, 0) is 31.4 Å². The van der Waals surface area contributed by atoms with Crippen molar-refractivity contribution in [3.05, 3.63) is 58.6 Å². The number of ether oxygens (including phenoxy) is 1. The van der Waals surface area contributed by atoms with E-state index in [0.29, 0.717) is 34.5 Å². The Labute approximate surface area is 198 Å². The van der Waals surface area contributed by atoms with Crippen molar-refractivity contribution in [2.75, 3.05) is 12.4 Å². The maximum absolute atomic E-state index is 13.4. The van der Waals surface area contributed by atoms with E-state index < -0.39 is 12.5 Å². The maximum Gasteiger partial charge on any atom is 0.407 e. The maximum atomic E-state index is 13.4. The molecule has 3 heterocycles. The van der Waals surface area contributed by atoms with E-state index in [1.165, 1.54) is 17.7 Å². The average Bonchev–Trinajstić information content (AvgIpc) is 3.40. The number of anilines is 2. The van der Waals surface area contributed by atoms with Gasteiger partial charge in [-0.2, -0.15) is 0 Å². The summed E-state index contributed by atoms with van der Waals surface area (Å²) in [4.78, 5) is 33.4. The first kappa shape index (κ1) is 22.8. The molecule has 11 heteroatoms. The summed E-state index contributed by atoms with van der Waals surface area (Å²) in [6.07, 6.45) is 0.517. The van der Waals surface area contributed by atoms with Crippen LogP contribution in [0.2, 0.25) is 0 Å². The van der Waals surface area contributed by atoms with Crippen molar-refractivity contribution in [1.29, 1.82) is 0 Å². The number of imidazole rings is 1. The Bertz CT molecular complexity index is 1480. The fourth-order valence-electron chi connectivity index (χ4n) is 4.77. The SMILES string of the molecule is COC(=O)N[C@@H]1CC[C@@H](n2c(=O)n(C)c3cnc(Nc4ccc5cccc(C(F)F)c5n4)cc32)C1. The number of nitrogens with one attached hydrogen (secondary N) is 2. The Morgan fingerprint density at radius 3 is 2.77 bits per heavy atom. The third-order valence-corrected chi connectivity index (χ3v) is 6.50. The van der Waals surface area contributed by atoms with E-state index in [4.69, 9.17) is 0 Å². The van der Waals surface area contributed by atoms with Gasteiger partial charge in [0.1, 0.15) is 11.6 Å². The number of fused-ring (bicyclic) bond motifs is 2. The number of para-hydroxylation sites is 1. The summed E-state index contributed by atoms with van der Waals surface area (Å²) in [6.45, 7) is 0. The highest BCUT2D eigenvalue weighted by molar-refractivity contribution is 5.84. The van der Waals surface area contributed by atoms with E-state index in [1.807, 2.05) is 0 Å². The molecular formula is C24H24F2N6O3. The fourth-order valence-corrected chi connectivity index (χ4v) is 4.77. The molecule has 4 aromatic rings. The van der Waals surface area contributed by atoms with Gasteiger partial charge in [0.05, 0.1) is 29.9 Å². The number of carbonyl (C=O) groups excluding carboxylic acids is 1. The second kappa shape index (κ2) is 8.97. The summed E-state index contributed by atoms with van der Waals surface area (Å²) in [5.74, 6) is 0.797. The molecule has 1 aliphatic rings. The van der Waals surface area contributed by atoms with Gasteiger partial charge in [0.15, 0.2) is 0 Å². The molecule has 1 amide bonds. The predicted octanol–water partition coefficient (Wildman–Crippen LogP) is 4.41. The lowest BCUT2D eigenvalue weighted by Gasteiger charge is -2.14. The highest BCUT2D eigenvalue weighted by Gasteiger charge is 2.30. The van der Waals surface area contributed by atoms with Crippen LogP contribution in [0.1, 0.15) is 37.3 Å². The standard InChI is InChI=1S/C24H24F2N6O3/c1-31-18-12-27-20(29-19-9-6-13-4-3-5-16(22(25)26)21(13)30-19)11-17(18)32(24(31)34)15-8-7-14(10-15)28-23(33)35-2/h3-6,9,11-12,14-15,22H,7-8,10H2,1-2H3,(H,28,33)(H,27,29,30)/t14-,15-/m1/s1. The van der Waals surface area contributed by atoms with E-state index in [1.54, 1.807) is 48.1 Å². The Kier molecular flexibility index (Phi) is 5.83. The van der Waals surface area contributed by atoms with Crippen LogP contribution in [0.4, 0.5) is 25.2 Å². The smallest absolute Gasteiger partial charge is 0.407 e. The summed E-state index contributed by atoms with van der Waals surface area (Å²) in [7, 11) is 3.00. The Balaban J connectivity index is 1.48. The van der Waals surface area contributed by atoms with Crippen molar-refractivity contribution in [2.45, 2.75) is 37.8 Å². The van der Waals surface area contributed by atoms with E-state index in [9.17, 15) is 18.4 Å². The van der Waals surface area contributed by atoms with Crippen molar-refractivity contribution in [3.8, 4) is 0 Å². The minimum atomic E-state index is -2.64. The fraction of sp³-hybridized carbons (Fsp3) is 0.333. The molecule has 0 bridgehead atoms. The second-order valence-electron chi connectivity index (χ2n) is 8.61. The molecule has 0 unspecified atom stereocenters. The van der Waals surface area contributed by atoms with Crippen molar-refractivity contribution < 1.29 is 18.3 Å². The number of aromatic nitrogens is 4. The molecular weight excluding hydrogens is 458 g/mol. The Morgan fingerprint density at radius 2 is 2.00 bits per heavy atom. The van der Waals surface area contributed by atoms with E-state index in [-0.39, 0.29) is 28.9 Å². The van der Waals surface area contributed by atoms with Gasteiger partial charge in [-0.25, -0.2) is 28.3 Å². The summed E-state index contributed by atoms with van der Waals surface area (Å²) in [5, 5.41) is 6.50. The van der Waals surface area contributed by atoms with Gasteiger partial charge in [0.2, 0.25) is 0 Å². The number of nitrogens with zero attached hydrogens (tertiary/aromatic N) is 4. The number of benzene rings is 1. The van der Waals surface area contributed by atoms with Gasteiger partial charge in [0.25, 0.3) is 6.43 Å². The quantitative estimate of drug-likeness (QED) is 0.437. The molecule has 0 aliphatic heterocycles. The molecule has 9 nitrogen and oxygen atoms in total. The molecule has 2 atom stereocenters. The Hall–Kier alpha value is -4.02. The van der Waals surface area contributed by atoms with Gasteiger partial charge in [-0.3, -0.25) is 9.13 Å². The zero-order valence-electron chi connectivity index (χ0n) is 19.2. The Morgan fingerprint density at radius 1 is 1.17 bits per heavy atom. The van der Waals surface area contributed by atoms with Crippen molar-refractivity contribution in [1.82, 2.24) is 24.4 Å². The van der Waals surface area contributed by atoms with Crippen LogP contribution in [0.3, 0.4) is 0 Å². The van der Waals surface area contributed by atoms with Gasteiger partial charge >= 0.3 is 11.8 Å². The van der Waals surface area contributed by atoms with Crippen LogP contribution in [0.15, 0.2) is 47.4 Å². The normalized spacial score (nSPS) is 17.9. The number of rotatable bonds is 5. The van der Waals surface area contributed by atoms with Crippen molar-refractivity contribution in [3.63, 3.8) is 0 Å². The largest absolute Gasteiger partial charge is 0.453 e. The van der Waals surface area contributed by atoms with Crippen LogP contribution in [0.25, 0.3) is 21.9 Å². The van der Waals surface area contributed by atoms with Crippen LogP contribution in [0.5, 0.6) is 0 Å². The first-order chi connectivity index (χ1) is 16.9. The van der Waals surface area contributed by atoms with Crippen LogP contribution >= 0.6 is 0 Å². The number of methoxy groups -OCH3 is 1. The third kappa shape index (κ3) is 4.17. The van der Waals surface area contributed by atoms with E-state index in [0.717, 1.165) is 12.8 Å². The number of halogens is 2. The van der Waals surface area contributed by atoms with Gasteiger partial charge in [0, 0.05) is 36.1 Å². The molecule has 2 N–H and O–H groups in total. The minimum absolute atomic E-state index is 0.0835. The monoisotopic (exact) mass is 482 g/mol. The molecule has 0 radical (unpaired) electrons. The minimum Gasteiger partial charge on any atom is -0.453 e. The lowest BCUT2D eigenvalue weighted by Crippen LogP contribution is -2.33. The average molecular weight is 482 g/mol. The van der Waals surface area contributed by atoms with Crippen molar-refractivity contribution in [2.24, 2.45) is 7.05 Å². The second-order valence-corrected chi connectivity index (χ2v) is 8.61. The van der Waals surface area contributed by atoms with E-state index in [2.05, 4.69) is 25.3 Å². The predicted molar refractivity (Wildman–Crippen MR) is 127 cm³/mol. The highest BCUT2D eigenvalue weighted by Crippen LogP contribution is 2.33. The molecule has 182 valence electrons.